The molecule has 6 atom stereocenters. The van der Waals surface area contributed by atoms with Gasteiger partial charge in [0, 0.05) is 35.3 Å². The van der Waals surface area contributed by atoms with E-state index in [1.165, 1.54) is 6.92 Å². The molecule has 0 radical (unpaired) electrons. The van der Waals surface area contributed by atoms with Gasteiger partial charge in [-0.3, -0.25) is 4.79 Å². The summed E-state index contributed by atoms with van der Waals surface area (Å²) in [5.41, 5.74) is 1.49. The molecule has 0 bridgehead atoms. The summed E-state index contributed by atoms with van der Waals surface area (Å²) >= 11 is 0. The number of allylic oxidation sites excluding steroid dienone is 1. The highest BCUT2D eigenvalue weighted by molar-refractivity contribution is 5.87. The Hall–Kier alpha value is -2.08. The zero-order chi connectivity index (χ0) is 20.8. The lowest BCUT2D eigenvalue weighted by atomic mass is 9.52. The normalized spacial score (nSPS) is 35.0. The number of carbonyl (C=O) groups is 2. The van der Waals surface area contributed by atoms with Crippen molar-refractivity contribution >= 4 is 11.9 Å². The molecule has 2 aliphatic carbocycles. The van der Waals surface area contributed by atoms with Crippen molar-refractivity contribution in [2.45, 2.75) is 72.7 Å². The highest BCUT2D eigenvalue weighted by atomic mass is 16.6. The number of hydrogen-bond donors (Lipinski definition) is 1. The largest absolute Gasteiger partial charge is 0.466 e. The van der Waals surface area contributed by atoms with Crippen LogP contribution in [0.2, 0.25) is 0 Å². The van der Waals surface area contributed by atoms with Crippen molar-refractivity contribution in [3.63, 3.8) is 0 Å². The number of carbonyl (C=O) groups excluding carboxylic acids is 2. The number of hydrogen-bond acceptors (Lipinski definition) is 6. The number of fused-ring (bicyclic) bond motifs is 2. The van der Waals surface area contributed by atoms with Gasteiger partial charge in [-0.25, -0.2) is 4.79 Å². The zero-order valence-corrected chi connectivity index (χ0v) is 17.4. The molecule has 0 saturated heterocycles. The summed E-state index contributed by atoms with van der Waals surface area (Å²) in [4.78, 5) is 24.3. The first-order valence-electron chi connectivity index (χ1n) is 9.89. The fourth-order valence-corrected chi connectivity index (χ4v) is 4.98. The standard InChI is InChI=1S/C22H30O6/c1-7-11(2)21(25)28-20-17-12(3)10-26-19(17)18(24)15-8-9-16(27-14(5)23)13(4)22(15,20)6/h7,10,13,15-16,18,20,24H,8-9H2,1-6H3/b11-7-/t13-,15-,16-,18+,20+,22+/m0/s1. The van der Waals surface area contributed by atoms with E-state index in [2.05, 4.69) is 0 Å². The Bertz CT molecular complexity index is 806. The lowest BCUT2D eigenvalue weighted by Crippen LogP contribution is -2.54. The molecule has 2 aliphatic rings. The van der Waals surface area contributed by atoms with Crippen molar-refractivity contribution in [2.75, 3.05) is 0 Å². The van der Waals surface area contributed by atoms with E-state index < -0.39 is 23.6 Å². The SMILES string of the molecule is C/C=C(/C)C(=O)O[C@@H]1c2c(C)coc2[C@H](O)[C@@H]2CC[C@H](OC(C)=O)[C@H](C)[C@@]12C. The third kappa shape index (κ3) is 3.08. The van der Waals surface area contributed by atoms with Crippen molar-refractivity contribution in [2.24, 2.45) is 17.3 Å². The van der Waals surface area contributed by atoms with Gasteiger partial charge in [-0.2, -0.15) is 0 Å². The molecule has 1 aromatic heterocycles. The van der Waals surface area contributed by atoms with Gasteiger partial charge in [0.25, 0.3) is 0 Å². The van der Waals surface area contributed by atoms with Gasteiger partial charge in [0.2, 0.25) is 0 Å². The average Bonchev–Trinajstić information content (AvgIpc) is 3.02. The monoisotopic (exact) mass is 390 g/mol. The van der Waals surface area contributed by atoms with Crippen LogP contribution in [0.15, 0.2) is 22.3 Å². The lowest BCUT2D eigenvalue weighted by molar-refractivity contribution is -0.198. The molecule has 1 saturated carbocycles. The van der Waals surface area contributed by atoms with E-state index in [0.717, 1.165) is 11.1 Å². The molecule has 1 aromatic rings. The molecule has 0 unspecified atom stereocenters. The number of aliphatic hydroxyl groups is 1. The first kappa shape index (κ1) is 20.6. The highest BCUT2D eigenvalue weighted by Crippen LogP contribution is 2.63. The predicted molar refractivity (Wildman–Crippen MR) is 102 cm³/mol. The quantitative estimate of drug-likeness (QED) is 0.616. The first-order valence-corrected chi connectivity index (χ1v) is 9.89. The van der Waals surface area contributed by atoms with Gasteiger partial charge >= 0.3 is 11.9 Å². The summed E-state index contributed by atoms with van der Waals surface area (Å²) in [7, 11) is 0. The molecule has 0 aromatic carbocycles. The van der Waals surface area contributed by atoms with Crippen LogP contribution >= 0.6 is 0 Å². The molecular formula is C22H30O6. The molecule has 0 amide bonds. The second-order valence-corrected chi connectivity index (χ2v) is 8.38. The molecular weight excluding hydrogens is 360 g/mol. The summed E-state index contributed by atoms with van der Waals surface area (Å²) < 4.78 is 17.3. The minimum atomic E-state index is -0.785. The van der Waals surface area contributed by atoms with Gasteiger partial charge in [-0.15, -0.1) is 0 Å². The Kier molecular flexibility index (Phi) is 5.45. The van der Waals surface area contributed by atoms with E-state index in [1.54, 1.807) is 26.2 Å². The van der Waals surface area contributed by atoms with Crippen LogP contribution in [0.3, 0.4) is 0 Å². The molecule has 154 valence electrons. The van der Waals surface area contributed by atoms with E-state index in [4.69, 9.17) is 13.9 Å². The van der Waals surface area contributed by atoms with Crippen LogP contribution in [0.25, 0.3) is 0 Å². The van der Waals surface area contributed by atoms with Crippen molar-refractivity contribution in [3.05, 3.63) is 34.8 Å². The van der Waals surface area contributed by atoms with Gasteiger partial charge < -0.3 is 19.0 Å². The molecule has 1 N–H and O–H groups in total. The molecule has 0 spiro atoms. The maximum Gasteiger partial charge on any atom is 0.334 e. The second kappa shape index (κ2) is 7.39. The summed E-state index contributed by atoms with van der Waals surface area (Å²) in [6, 6.07) is 0. The van der Waals surface area contributed by atoms with Gasteiger partial charge in [0.1, 0.15) is 24.1 Å². The van der Waals surface area contributed by atoms with Gasteiger partial charge in [0.15, 0.2) is 0 Å². The number of aryl methyl sites for hydroxylation is 1. The van der Waals surface area contributed by atoms with Gasteiger partial charge in [-0.05, 0) is 39.2 Å². The van der Waals surface area contributed by atoms with E-state index in [-0.39, 0.29) is 23.9 Å². The van der Waals surface area contributed by atoms with Crippen LogP contribution < -0.4 is 0 Å². The Morgan fingerprint density at radius 1 is 1.29 bits per heavy atom. The number of esters is 2. The summed E-state index contributed by atoms with van der Waals surface area (Å²) in [5, 5.41) is 11.1. The summed E-state index contributed by atoms with van der Waals surface area (Å²) in [6.07, 6.45) is 2.96. The van der Waals surface area contributed by atoms with Crippen LogP contribution in [0.5, 0.6) is 0 Å². The Morgan fingerprint density at radius 2 is 1.96 bits per heavy atom. The van der Waals surface area contributed by atoms with Gasteiger partial charge in [0.05, 0.1) is 6.26 Å². The topological polar surface area (TPSA) is 86.0 Å². The fraction of sp³-hybridized carbons (Fsp3) is 0.636. The third-order valence-electron chi connectivity index (χ3n) is 6.93. The number of ether oxygens (including phenoxy) is 2. The Balaban J connectivity index is 2.11. The second-order valence-electron chi connectivity index (χ2n) is 8.38. The number of rotatable bonds is 3. The van der Waals surface area contributed by atoms with E-state index in [1.807, 2.05) is 20.8 Å². The lowest BCUT2D eigenvalue weighted by Gasteiger charge is -2.55. The predicted octanol–water partition coefficient (Wildman–Crippen LogP) is 4.17. The summed E-state index contributed by atoms with van der Waals surface area (Å²) in [6.45, 7) is 10.8. The average molecular weight is 390 g/mol. The van der Waals surface area contributed by atoms with Crippen molar-refractivity contribution < 1.29 is 28.6 Å². The minimum Gasteiger partial charge on any atom is -0.466 e. The number of furan rings is 1. The third-order valence-corrected chi connectivity index (χ3v) is 6.93. The minimum absolute atomic E-state index is 0.115. The molecule has 0 aliphatic heterocycles. The maximum atomic E-state index is 12.7. The van der Waals surface area contributed by atoms with Crippen molar-refractivity contribution in [1.82, 2.24) is 0 Å². The summed E-state index contributed by atoms with van der Waals surface area (Å²) in [5.74, 6) is -0.521. The molecule has 28 heavy (non-hydrogen) atoms. The molecule has 1 fully saturated rings. The van der Waals surface area contributed by atoms with E-state index in [0.29, 0.717) is 24.2 Å². The van der Waals surface area contributed by atoms with Crippen LogP contribution in [-0.4, -0.2) is 23.1 Å². The smallest absolute Gasteiger partial charge is 0.334 e. The Labute approximate surface area is 165 Å². The molecule has 1 heterocycles. The van der Waals surface area contributed by atoms with E-state index >= 15 is 0 Å². The van der Waals surface area contributed by atoms with E-state index in [9.17, 15) is 14.7 Å². The van der Waals surface area contributed by atoms with Crippen LogP contribution in [0.1, 0.15) is 76.6 Å². The van der Waals surface area contributed by atoms with Gasteiger partial charge in [-0.1, -0.05) is 19.9 Å². The van der Waals surface area contributed by atoms with Crippen LogP contribution in [0, 0.1) is 24.2 Å². The molecule has 6 nitrogen and oxygen atoms in total. The maximum absolute atomic E-state index is 12.7. The first-order chi connectivity index (χ1) is 13.1. The fourth-order valence-electron chi connectivity index (χ4n) is 4.98. The molecule has 6 heteroatoms. The van der Waals surface area contributed by atoms with Crippen LogP contribution in [-0.2, 0) is 19.1 Å². The zero-order valence-electron chi connectivity index (χ0n) is 17.4. The Morgan fingerprint density at radius 3 is 2.57 bits per heavy atom. The highest BCUT2D eigenvalue weighted by Gasteiger charge is 2.60. The van der Waals surface area contributed by atoms with Crippen molar-refractivity contribution in [1.29, 1.82) is 0 Å². The molecule has 3 rings (SSSR count). The number of aliphatic hydroxyl groups excluding tert-OH is 1. The van der Waals surface area contributed by atoms with Crippen LogP contribution in [0.4, 0.5) is 0 Å². The van der Waals surface area contributed by atoms with Crippen molar-refractivity contribution in [3.8, 4) is 0 Å².